The molecule has 2 nitrogen and oxygen atoms in total. The van der Waals surface area contributed by atoms with Crippen molar-refractivity contribution in [1.29, 1.82) is 0 Å². The van der Waals surface area contributed by atoms with Gasteiger partial charge in [0.25, 0.3) is 0 Å². The number of carbonyl (C=O) groups excluding carboxylic acids is 1. The summed E-state index contributed by atoms with van der Waals surface area (Å²) >= 11 is 0. The van der Waals surface area contributed by atoms with Gasteiger partial charge in [-0.1, -0.05) is 25.7 Å². The van der Waals surface area contributed by atoms with Crippen LogP contribution in [0.2, 0.25) is 25.7 Å². The molecule has 3 heteroatoms. The van der Waals surface area contributed by atoms with E-state index >= 15 is 0 Å². The first-order chi connectivity index (χ1) is 7.20. The Balaban J connectivity index is 2.59. The van der Waals surface area contributed by atoms with Crippen LogP contribution in [0, 0.1) is 11.8 Å². The zero-order chi connectivity index (χ0) is 12.5. The molecule has 16 heavy (non-hydrogen) atoms. The van der Waals surface area contributed by atoms with Gasteiger partial charge in [-0.15, -0.1) is 0 Å². The monoisotopic (exact) mass is 240 g/mol. The van der Waals surface area contributed by atoms with Crippen LogP contribution < -0.4 is 0 Å². The summed E-state index contributed by atoms with van der Waals surface area (Å²) in [5.41, 5.74) is 1.15. The van der Waals surface area contributed by atoms with Gasteiger partial charge in [0.05, 0.1) is 0 Å². The Bertz CT molecular complexity index is 308. The second-order valence-electron chi connectivity index (χ2n) is 6.32. The topological polar surface area (TPSA) is 26.3 Å². The molecule has 0 aromatic carbocycles. The molecule has 0 saturated heterocycles. The molecule has 1 aliphatic rings. The standard InChI is InChI=1S/C13H24O2Si/c1-9(2)13(15-10(3)14)12-7-11(12)8-16(4,5)6/h11-12H,7-8H2,1-6H3/t11-,12+/m0/s1. The van der Waals surface area contributed by atoms with Crippen LogP contribution in [-0.2, 0) is 9.53 Å². The van der Waals surface area contributed by atoms with Crippen LogP contribution in [0.3, 0.4) is 0 Å². The highest BCUT2D eigenvalue weighted by Gasteiger charge is 2.44. The van der Waals surface area contributed by atoms with Crippen LogP contribution in [0.15, 0.2) is 11.3 Å². The molecule has 1 rings (SSSR count). The molecule has 0 amide bonds. The predicted octanol–water partition coefficient (Wildman–Crippen LogP) is 3.82. The molecule has 0 aromatic rings. The fourth-order valence-electron chi connectivity index (χ4n) is 2.28. The van der Waals surface area contributed by atoms with E-state index in [9.17, 15) is 4.79 Å². The van der Waals surface area contributed by atoms with Crippen LogP contribution >= 0.6 is 0 Å². The first kappa shape index (κ1) is 13.5. The van der Waals surface area contributed by atoms with Crippen molar-refractivity contribution >= 4 is 14.0 Å². The molecule has 1 saturated carbocycles. The molecule has 2 atom stereocenters. The molecule has 0 heterocycles. The zero-order valence-corrected chi connectivity index (χ0v) is 12.4. The minimum absolute atomic E-state index is 0.185. The summed E-state index contributed by atoms with van der Waals surface area (Å²) in [4.78, 5) is 11.0. The van der Waals surface area contributed by atoms with Crippen molar-refractivity contribution in [2.24, 2.45) is 11.8 Å². The van der Waals surface area contributed by atoms with E-state index in [0.29, 0.717) is 5.92 Å². The number of carbonyl (C=O) groups is 1. The van der Waals surface area contributed by atoms with Crippen LogP contribution in [0.1, 0.15) is 27.2 Å². The Morgan fingerprint density at radius 2 is 1.81 bits per heavy atom. The molecule has 92 valence electrons. The molecule has 0 aromatic heterocycles. The SMILES string of the molecule is CC(=O)OC(=C(C)C)[C@@H]1C[C@H]1C[Si](C)(C)C. The molecule has 0 bridgehead atoms. The number of allylic oxidation sites excluding steroid dienone is 2. The second kappa shape index (κ2) is 4.74. The zero-order valence-electron chi connectivity index (χ0n) is 11.4. The minimum Gasteiger partial charge on any atom is -0.431 e. The number of ether oxygens (including phenoxy) is 1. The van der Waals surface area contributed by atoms with E-state index in [2.05, 4.69) is 19.6 Å². The van der Waals surface area contributed by atoms with Crippen molar-refractivity contribution in [1.82, 2.24) is 0 Å². The van der Waals surface area contributed by atoms with Gasteiger partial charge in [0.15, 0.2) is 0 Å². The molecule has 0 spiro atoms. The van der Waals surface area contributed by atoms with Crippen molar-refractivity contribution in [3.8, 4) is 0 Å². The third kappa shape index (κ3) is 4.12. The van der Waals surface area contributed by atoms with Crippen molar-refractivity contribution < 1.29 is 9.53 Å². The van der Waals surface area contributed by atoms with E-state index in [0.717, 1.165) is 17.3 Å². The molecule has 0 aliphatic heterocycles. The fourth-order valence-corrected chi connectivity index (χ4v) is 4.31. The van der Waals surface area contributed by atoms with E-state index in [1.807, 2.05) is 13.8 Å². The van der Waals surface area contributed by atoms with Crippen LogP contribution in [0.25, 0.3) is 0 Å². The van der Waals surface area contributed by atoms with Gasteiger partial charge in [0.2, 0.25) is 0 Å². The highest BCUT2D eigenvalue weighted by Crippen LogP contribution is 2.50. The highest BCUT2D eigenvalue weighted by atomic mass is 28.3. The van der Waals surface area contributed by atoms with E-state index in [-0.39, 0.29) is 5.97 Å². The van der Waals surface area contributed by atoms with Gasteiger partial charge in [0.1, 0.15) is 5.76 Å². The summed E-state index contributed by atoms with van der Waals surface area (Å²) < 4.78 is 5.34. The van der Waals surface area contributed by atoms with E-state index in [4.69, 9.17) is 4.74 Å². The summed E-state index contributed by atoms with van der Waals surface area (Å²) in [6.45, 7) is 12.7. The molecular weight excluding hydrogens is 216 g/mol. The number of rotatable bonds is 4. The highest BCUT2D eigenvalue weighted by molar-refractivity contribution is 6.76. The Morgan fingerprint density at radius 1 is 1.25 bits per heavy atom. The predicted molar refractivity (Wildman–Crippen MR) is 69.9 cm³/mol. The Hall–Kier alpha value is -0.573. The second-order valence-corrected chi connectivity index (χ2v) is 11.9. The van der Waals surface area contributed by atoms with Gasteiger partial charge >= 0.3 is 5.97 Å². The van der Waals surface area contributed by atoms with Crippen LogP contribution in [0.4, 0.5) is 0 Å². The average molecular weight is 240 g/mol. The quantitative estimate of drug-likeness (QED) is 0.424. The summed E-state index contributed by atoms with van der Waals surface area (Å²) in [5.74, 6) is 2.03. The lowest BCUT2D eigenvalue weighted by Crippen LogP contribution is -2.20. The van der Waals surface area contributed by atoms with Crippen molar-refractivity contribution in [2.45, 2.75) is 52.9 Å². The van der Waals surface area contributed by atoms with Crippen molar-refractivity contribution in [2.75, 3.05) is 0 Å². The smallest absolute Gasteiger partial charge is 0.307 e. The third-order valence-corrected chi connectivity index (χ3v) is 4.63. The van der Waals surface area contributed by atoms with Gasteiger partial charge in [-0.2, -0.15) is 0 Å². The van der Waals surface area contributed by atoms with Gasteiger partial charge in [-0.3, -0.25) is 4.79 Å². The summed E-state index contributed by atoms with van der Waals surface area (Å²) in [7, 11) is -0.983. The maximum absolute atomic E-state index is 11.0. The summed E-state index contributed by atoms with van der Waals surface area (Å²) in [5, 5.41) is 0. The summed E-state index contributed by atoms with van der Waals surface area (Å²) in [6.07, 6.45) is 1.21. The van der Waals surface area contributed by atoms with Crippen molar-refractivity contribution in [3.05, 3.63) is 11.3 Å². The first-order valence-corrected chi connectivity index (χ1v) is 9.77. The maximum Gasteiger partial charge on any atom is 0.307 e. The molecule has 0 N–H and O–H groups in total. The molecule has 0 unspecified atom stereocenters. The van der Waals surface area contributed by atoms with Gasteiger partial charge in [-0.05, 0) is 31.8 Å². The van der Waals surface area contributed by atoms with Gasteiger partial charge in [0, 0.05) is 20.9 Å². The number of hydrogen-bond donors (Lipinski definition) is 0. The molecule has 0 radical (unpaired) electrons. The maximum atomic E-state index is 11.0. The lowest BCUT2D eigenvalue weighted by atomic mass is 10.2. The summed E-state index contributed by atoms with van der Waals surface area (Å²) in [6, 6.07) is 1.34. The lowest BCUT2D eigenvalue weighted by Gasteiger charge is -2.16. The fraction of sp³-hybridized carbons (Fsp3) is 0.769. The van der Waals surface area contributed by atoms with Crippen molar-refractivity contribution in [3.63, 3.8) is 0 Å². The largest absolute Gasteiger partial charge is 0.431 e. The average Bonchev–Trinajstić information content (AvgIpc) is 2.75. The third-order valence-electron chi connectivity index (χ3n) is 2.88. The Kier molecular flexibility index (Phi) is 4.00. The lowest BCUT2D eigenvalue weighted by molar-refractivity contribution is -0.137. The van der Waals surface area contributed by atoms with Crippen LogP contribution in [-0.4, -0.2) is 14.0 Å². The Labute approximate surface area is 100 Å². The minimum atomic E-state index is -0.983. The Morgan fingerprint density at radius 3 is 2.19 bits per heavy atom. The van der Waals surface area contributed by atoms with Gasteiger partial charge in [-0.25, -0.2) is 0 Å². The molecule has 1 aliphatic carbocycles. The molecule has 1 fully saturated rings. The van der Waals surface area contributed by atoms with E-state index in [1.165, 1.54) is 19.4 Å². The first-order valence-electron chi connectivity index (χ1n) is 6.06. The van der Waals surface area contributed by atoms with Crippen LogP contribution in [0.5, 0.6) is 0 Å². The molecular formula is C13H24O2Si. The number of hydrogen-bond acceptors (Lipinski definition) is 2. The van der Waals surface area contributed by atoms with E-state index in [1.54, 1.807) is 0 Å². The van der Waals surface area contributed by atoms with E-state index < -0.39 is 8.07 Å². The number of esters is 1. The van der Waals surface area contributed by atoms with Gasteiger partial charge < -0.3 is 4.74 Å². The normalized spacial score (nSPS) is 23.9.